The number of guanidine groups is 1. The Morgan fingerprint density at radius 3 is 2.52 bits per heavy atom. The second-order valence-corrected chi connectivity index (χ2v) is 5.93. The molecule has 0 atom stereocenters. The Labute approximate surface area is 141 Å². The second kappa shape index (κ2) is 10.8. The Morgan fingerprint density at radius 1 is 1.30 bits per heavy atom. The van der Waals surface area contributed by atoms with E-state index in [0.717, 1.165) is 31.9 Å². The molecule has 0 fully saturated rings. The zero-order valence-electron chi connectivity index (χ0n) is 15.0. The maximum absolute atomic E-state index is 5.61. The van der Waals surface area contributed by atoms with Gasteiger partial charge in [-0.05, 0) is 37.8 Å². The lowest BCUT2D eigenvalue weighted by Gasteiger charge is -2.22. The summed E-state index contributed by atoms with van der Waals surface area (Å²) in [5.74, 6) is 0.918. The Kier molecular flexibility index (Phi) is 9.07. The number of hydrogen-bond donors (Lipinski definition) is 1. The van der Waals surface area contributed by atoms with Crippen LogP contribution in [0.25, 0.3) is 0 Å². The largest absolute Gasteiger partial charge is 0.374 e. The molecule has 1 aromatic rings. The van der Waals surface area contributed by atoms with E-state index in [1.54, 1.807) is 0 Å². The molecule has 1 rings (SSSR count). The molecule has 0 aromatic heterocycles. The minimum Gasteiger partial charge on any atom is -0.374 e. The molecule has 0 heterocycles. The molecule has 1 aromatic carbocycles. The van der Waals surface area contributed by atoms with E-state index in [1.165, 1.54) is 11.1 Å². The van der Waals surface area contributed by atoms with Gasteiger partial charge in [-0.15, -0.1) is 6.58 Å². The third-order valence-corrected chi connectivity index (χ3v) is 3.53. The predicted molar refractivity (Wildman–Crippen MR) is 98.6 cm³/mol. The van der Waals surface area contributed by atoms with E-state index in [-0.39, 0.29) is 6.10 Å². The van der Waals surface area contributed by atoms with Gasteiger partial charge in [0.25, 0.3) is 0 Å². The molecule has 0 saturated heterocycles. The monoisotopic (exact) mass is 317 g/mol. The number of ether oxygens (including phenoxy) is 1. The van der Waals surface area contributed by atoms with Gasteiger partial charge in [0.1, 0.15) is 0 Å². The van der Waals surface area contributed by atoms with Crippen molar-refractivity contribution in [2.75, 3.05) is 20.6 Å². The lowest BCUT2D eigenvalue weighted by atomic mass is 10.1. The maximum Gasteiger partial charge on any atom is 0.193 e. The molecule has 0 radical (unpaired) electrons. The molecule has 1 N–H and O–H groups in total. The second-order valence-electron chi connectivity index (χ2n) is 5.93. The molecular formula is C19H31N3O. The summed E-state index contributed by atoms with van der Waals surface area (Å²) in [5.41, 5.74) is 2.44. The number of rotatable bonds is 9. The van der Waals surface area contributed by atoms with Gasteiger partial charge in [0.2, 0.25) is 0 Å². The molecular weight excluding hydrogens is 286 g/mol. The van der Waals surface area contributed by atoms with Gasteiger partial charge < -0.3 is 15.0 Å². The summed E-state index contributed by atoms with van der Waals surface area (Å²) in [6.45, 7) is 10.3. The van der Waals surface area contributed by atoms with Crippen LogP contribution < -0.4 is 5.32 Å². The summed E-state index contributed by atoms with van der Waals surface area (Å²) < 4.78 is 5.61. The van der Waals surface area contributed by atoms with Gasteiger partial charge in [-0.3, -0.25) is 4.99 Å². The zero-order chi connectivity index (χ0) is 17.1. The highest BCUT2D eigenvalue weighted by molar-refractivity contribution is 5.79. The van der Waals surface area contributed by atoms with E-state index in [1.807, 2.05) is 13.1 Å². The van der Waals surface area contributed by atoms with Crippen molar-refractivity contribution in [1.29, 1.82) is 0 Å². The zero-order valence-corrected chi connectivity index (χ0v) is 15.0. The quantitative estimate of drug-likeness (QED) is 0.327. The van der Waals surface area contributed by atoms with Crippen LogP contribution in [0.5, 0.6) is 0 Å². The molecule has 0 unspecified atom stereocenters. The Hall–Kier alpha value is -1.81. The van der Waals surface area contributed by atoms with Crippen molar-refractivity contribution in [3.63, 3.8) is 0 Å². The smallest absolute Gasteiger partial charge is 0.193 e. The van der Waals surface area contributed by atoms with Crippen molar-refractivity contribution < 1.29 is 4.74 Å². The Bertz CT molecular complexity index is 480. The highest BCUT2D eigenvalue weighted by atomic mass is 16.5. The first-order valence-electron chi connectivity index (χ1n) is 8.29. The van der Waals surface area contributed by atoms with E-state index in [2.05, 4.69) is 66.9 Å². The number of nitrogens with zero attached hydrogens (tertiary/aromatic N) is 2. The Balaban J connectivity index is 2.44. The fourth-order valence-corrected chi connectivity index (χ4v) is 2.16. The fourth-order valence-electron chi connectivity index (χ4n) is 2.16. The van der Waals surface area contributed by atoms with Crippen molar-refractivity contribution in [2.45, 2.75) is 45.9 Å². The standard InChI is InChI=1S/C19H31N3O/c1-6-7-8-13-22(5)19(20-4)21-14-17-9-11-18(12-10-17)15-23-16(2)3/h6,9-12,16H,1,7-8,13-15H2,2-5H3,(H,20,21). The van der Waals surface area contributed by atoms with Gasteiger partial charge >= 0.3 is 0 Å². The van der Waals surface area contributed by atoms with E-state index < -0.39 is 0 Å². The van der Waals surface area contributed by atoms with E-state index >= 15 is 0 Å². The van der Waals surface area contributed by atoms with Gasteiger partial charge in [0.15, 0.2) is 5.96 Å². The highest BCUT2D eigenvalue weighted by Gasteiger charge is 2.05. The van der Waals surface area contributed by atoms with Crippen LogP contribution in [0.1, 0.15) is 37.8 Å². The van der Waals surface area contributed by atoms with Crippen LogP contribution in [0.3, 0.4) is 0 Å². The number of hydrogen-bond acceptors (Lipinski definition) is 2. The third kappa shape index (κ3) is 7.84. The summed E-state index contributed by atoms with van der Waals surface area (Å²) in [5, 5.41) is 3.40. The number of allylic oxidation sites excluding steroid dienone is 1. The molecule has 0 saturated carbocycles. The first-order valence-corrected chi connectivity index (χ1v) is 8.29. The number of benzene rings is 1. The maximum atomic E-state index is 5.61. The van der Waals surface area contributed by atoms with Gasteiger partial charge in [-0.2, -0.15) is 0 Å². The van der Waals surface area contributed by atoms with Crippen LogP contribution in [-0.2, 0) is 17.9 Å². The van der Waals surface area contributed by atoms with Gasteiger partial charge in [-0.1, -0.05) is 30.3 Å². The van der Waals surface area contributed by atoms with Gasteiger partial charge in [0.05, 0.1) is 12.7 Å². The van der Waals surface area contributed by atoms with Crippen molar-refractivity contribution in [1.82, 2.24) is 10.2 Å². The summed E-state index contributed by atoms with van der Waals surface area (Å²) in [4.78, 5) is 6.48. The molecule has 4 nitrogen and oxygen atoms in total. The predicted octanol–water partition coefficient (Wildman–Crippen LogP) is 3.59. The first-order chi connectivity index (χ1) is 11.1. The van der Waals surface area contributed by atoms with Gasteiger partial charge in [-0.25, -0.2) is 0 Å². The summed E-state index contributed by atoms with van der Waals surface area (Å²) in [6.07, 6.45) is 4.33. The molecule has 0 amide bonds. The molecule has 128 valence electrons. The molecule has 0 spiro atoms. The lowest BCUT2D eigenvalue weighted by molar-refractivity contribution is 0.0657. The van der Waals surface area contributed by atoms with Crippen molar-refractivity contribution in [3.8, 4) is 0 Å². The SMILES string of the molecule is C=CCCCN(C)C(=NC)NCc1ccc(COC(C)C)cc1. The number of unbranched alkanes of at least 4 members (excludes halogenated alkanes) is 1. The van der Waals surface area contributed by atoms with Crippen LogP contribution in [-0.4, -0.2) is 37.6 Å². The summed E-state index contributed by atoms with van der Waals surface area (Å²) in [7, 11) is 3.88. The van der Waals surface area contributed by atoms with Crippen LogP contribution in [0, 0.1) is 0 Å². The minimum absolute atomic E-state index is 0.260. The normalized spacial score (nSPS) is 11.6. The number of aliphatic imine (C=N–C) groups is 1. The van der Waals surface area contributed by atoms with Crippen molar-refractivity contribution in [2.24, 2.45) is 4.99 Å². The average Bonchev–Trinajstić information content (AvgIpc) is 2.54. The minimum atomic E-state index is 0.260. The molecule has 0 aliphatic carbocycles. The molecule has 4 heteroatoms. The third-order valence-electron chi connectivity index (χ3n) is 3.53. The Morgan fingerprint density at radius 2 is 1.96 bits per heavy atom. The van der Waals surface area contributed by atoms with E-state index in [9.17, 15) is 0 Å². The van der Waals surface area contributed by atoms with Crippen LogP contribution in [0.2, 0.25) is 0 Å². The first kappa shape index (κ1) is 19.2. The van der Waals surface area contributed by atoms with Crippen molar-refractivity contribution in [3.05, 3.63) is 48.0 Å². The van der Waals surface area contributed by atoms with Gasteiger partial charge in [0, 0.05) is 27.2 Å². The summed E-state index contributed by atoms with van der Waals surface area (Å²) >= 11 is 0. The average molecular weight is 317 g/mol. The molecule has 0 bridgehead atoms. The fraction of sp³-hybridized carbons (Fsp3) is 0.526. The topological polar surface area (TPSA) is 36.9 Å². The van der Waals surface area contributed by atoms with Crippen molar-refractivity contribution >= 4 is 5.96 Å². The van der Waals surface area contributed by atoms with E-state index in [4.69, 9.17) is 4.74 Å². The highest BCUT2D eigenvalue weighted by Crippen LogP contribution is 2.07. The molecule has 0 aliphatic heterocycles. The van der Waals surface area contributed by atoms with Crippen LogP contribution >= 0.6 is 0 Å². The molecule has 23 heavy (non-hydrogen) atoms. The molecule has 0 aliphatic rings. The number of nitrogens with one attached hydrogen (secondary N) is 1. The van der Waals surface area contributed by atoms with Crippen LogP contribution in [0.4, 0.5) is 0 Å². The van der Waals surface area contributed by atoms with Crippen LogP contribution in [0.15, 0.2) is 41.9 Å². The van der Waals surface area contributed by atoms with E-state index in [0.29, 0.717) is 6.61 Å². The summed E-state index contributed by atoms with van der Waals surface area (Å²) in [6, 6.07) is 8.51. The lowest BCUT2D eigenvalue weighted by Crippen LogP contribution is -2.38.